The van der Waals surface area contributed by atoms with Crippen LogP contribution in [0, 0.1) is 0 Å². The number of hydrogen-bond acceptors (Lipinski definition) is 3. The summed E-state index contributed by atoms with van der Waals surface area (Å²) in [5.41, 5.74) is 0. The van der Waals surface area contributed by atoms with Crippen molar-refractivity contribution < 1.29 is 22.9 Å². The summed E-state index contributed by atoms with van der Waals surface area (Å²) in [4.78, 5) is 10.8. The van der Waals surface area contributed by atoms with E-state index in [1.165, 1.54) is 89.9 Å². The lowest BCUT2D eigenvalue weighted by Gasteiger charge is -2.08. The predicted molar refractivity (Wildman–Crippen MR) is 116 cm³/mol. The van der Waals surface area contributed by atoms with Gasteiger partial charge in [-0.1, -0.05) is 122 Å². The molecule has 0 aromatic rings. The molecule has 28 heavy (non-hydrogen) atoms. The van der Waals surface area contributed by atoms with Crippen LogP contribution in [-0.4, -0.2) is 29.3 Å². The second-order valence-electron chi connectivity index (χ2n) is 8.14. The smallest absolute Gasteiger partial charge is 0.324 e. The Labute approximate surface area is 173 Å². The maximum Gasteiger partial charge on any atom is 0.324 e. The van der Waals surface area contributed by atoms with Crippen LogP contribution in [0.1, 0.15) is 129 Å². The van der Waals surface area contributed by atoms with E-state index in [0.29, 0.717) is 6.42 Å². The highest BCUT2D eigenvalue weighted by atomic mass is 32.2. The standard InChI is InChI=1S/C22H44O5S/c1-2-3-4-5-6-7-8-9-10-11-12-13-14-15-16-17-18-19-20-21(22(23)24)28(25,26)27/h21H,2-20H2,1H3,(H,23,24)(H,25,26,27). The fourth-order valence-electron chi connectivity index (χ4n) is 3.63. The first-order valence-electron chi connectivity index (χ1n) is 11.6. The molecule has 0 spiro atoms. The molecule has 0 radical (unpaired) electrons. The average Bonchev–Trinajstić information content (AvgIpc) is 2.62. The minimum Gasteiger partial charge on any atom is -0.480 e. The van der Waals surface area contributed by atoms with Crippen LogP contribution in [0.25, 0.3) is 0 Å². The highest BCUT2D eigenvalue weighted by Crippen LogP contribution is 2.16. The molecule has 0 amide bonds. The third-order valence-electron chi connectivity index (χ3n) is 5.45. The van der Waals surface area contributed by atoms with Gasteiger partial charge in [-0.2, -0.15) is 8.42 Å². The van der Waals surface area contributed by atoms with E-state index in [4.69, 9.17) is 9.66 Å². The number of carboxylic acids is 1. The van der Waals surface area contributed by atoms with Crippen LogP contribution >= 0.6 is 0 Å². The van der Waals surface area contributed by atoms with Gasteiger partial charge in [0.1, 0.15) is 0 Å². The molecule has 1 atom stereocenters. The lowest BCUT2D eigenvalue weighted by Crippen LogP contribution is -2.29. The lowest BCUT2D eigenvalue weighted by atomic mass is 10.0. The molecule has 0 aromatic carbocycles. The maximum absolute atomic E-state index is 11.0. The first-order valence-corrected chi connectivity index (χ1v) is 13.1. The van der Waals surface area contributed by atoms with E-state index in [-0.39, 0.29) is 6.42 Å². The quantitative estimate of drug-likeness (QED) is 0.158. The van der Waals surface area contributed by atoms with Gasteiger partial charge in [0.15, 0.2) is 5.25 Å². The molecular formula is C22H44O5S. The molecule has 0 aliphatic rings. The van der Waals surface area contributed by atoms with Crippen LogP contribution in [0.15, 0.2) is 0 Å². The number of carbonyl (C=O) groups is 1. The molecule has 6 heteroatoms. The fourth-order valence-corrected chi connectivity index (χ4v) is 4.35. The first kappa shape index (κ1) is 27.4. The monoisotopic (exact) mass is 420 g/mol. The largest absolute Gasteiger partial charge is 0.480 e. The Balaban J connectivity index is 3.29. The van der Waals surface area contributed by atoms with Crippen molar-refractivity contribution in [2.24, 2.45) is 0 Å². The Morgan fingerprint density at radius 2 is 0.929 bits per heavy atom. The number of rotatable bonds is 21. The highest BCUT2D eigenvalue weighted by molar-refractivity contribution is 7.87. The van der Waals surface area contributed by atoms with Gasteiger partial charge in [-0.15, -0.1) is 0 Å². The zero-order valence-corrected chi connectivity index (χ0v) is 18.9. The lowest BCUT2D eigenvalue weighted by molar-refractivity contribution is -0.136. The summed E-state index contributed by atoms with van der Waals surface area (Å²) in [6, 6.07) is 0. The van der Waals surface area contributed by atoms with Gasteiger partial charge in [0, 0.05) is 0 Å². The molecular weight excluding hydrogens is 376 g/mol. The van der Waals surface area contributed by atoms with Gasteiger partial charge < -0.3 is 5.11 Å². The van der Waals surface area contributed by atoms with E-state index < -0.39 is 21.3 Å². The van der Waals surface area contributed by atoms with Gasteiger partial charge >= 0.3 is 5.97 Å². The Morgan fingerprint density at radius 3 is 1.18 bits per heavy atom. The molecule has 0 aromatic heterocycles. The number of unbranched alkanes of at least 4 members (excludes halogenated alkanes) is 17. The van der Waals surface area contributed by atoms with Gasteiger partial charge in [-0.3, -0.25) is 9.35 Å². The number of aliphatic carboxylic acids is 1. The molecule has 0 rings (SSSR count). The van der Waals surface area contributed by atoms with Crippen molar-refractivity contribution in [3.8, 4) is 0 Å². The second kappa shape index (κ2) is 18.4. The van der Waals surface area contributed by atoms with Gasteiger partial charge in [-0.05, 0) is 6.42 Å². The van der Waals surface area contributed by atoms with Crippen molar-refractivity contribution in [3.05, 3.63) is 0 Å². The molecule has 0 heterocycles. The van der Waals surface area contributed by atoms with E-state index in [0.717, 1.165) is 19.3 Å². The van der Waals surface area contributed by atoms with Crippen LogP contribution in [-0.2, 0) is 14.9 Å². The third-order valence-corrected chi connectivity index (χ3v) is 6.61. The zero-order chi connectivity index (χ0) is 21.1. The normalized spacial score (nSPS) is 12.9. The Bertz CT molecular complexity index is 462. The Kier molecular flexibility index (Phi) is 18.0. The van der Waals surface area contributed by atoms with Gasteiger partial charge in [-0.25, -0.2) is 0 Å². The molecule has 0 saturated carbocycles. The van der Waals surface area contributed by atoms with Crippen molar-refractivity contribution in [1.82, 2.24) is 0 Å². The zero-order valence-electron chi connectivity index (χ0n) is 18.0. The van der Waals surface area contributed by atoms with Crippen LogP contribution in [0.4, 0.5) is 0 Å². The third kappa shape index (κ3) is 17.5. The molecule has 0 aliphatic carbocycles. The Morgan fingerprint density at radius 1 is 0.643 bits per heavy atom. The van der Waals surface area contributed by atoms with Crippen LogP contribution in [0.2, 0.25) is 0 Å². The van der Waals surface area contributed by atoms with Crippen molar-refractivity contribution in [2.75, 3.05) is 0 Å². The van der Waals surface area contributed by atoms with E-state index in [1.54, 1.807) is 0 Å². The molecule has 2 N–H and O–H groups in total. The molecule has 0 saturated heterocycles. The first-order chi connectivity index (χ1) is 13.4. The highest BCUT2D eigenvalue weighted by Gasteiger charge is 2.29. The maximum atomic E-state index is 11.0. The molecule has 168 valence electrons. The second-order valence-corrected chi connectivity index (χ2v) is 9.74. The summed E-state index contributed by atoms with van der Waals surface area (Å²) in [7, 11) is -4.49. The van der Waals surface area contributed by atoms with Crippen LogP contribution in [0.5, 0.6) is 0 Å². The van der Waals surface area contributed by atoms with Crippen molar-refractivity contribution in [1.29, 1.82) is 0 Å². The van der Waals surface area contributed by atoms with E-state index >= 15 is 0 Å². The van der Waals surface area contributed by atoms with Gasteiger partial charge in [0.25, 0.3) is 10.1 Å². The number of hydrogen-bond donors (Lipinski definition) is 2. The predicted octanol–water partition coefficient (Wildman–Crippen LogP) is 6.76. The van der Waals surface area contributed by atoms with E-state index in [1.807, 2.05) is 0 Å². The van der Waals surface area contributed by atoms with Gasteiger partial charge in [0.05, 0.1) is 0 Å². The summed E-state index contributed by atoms with van der Waals surface area (Å²) < 4.78 is 30.8. The van der Waals surface area contributed by atoms with Crippen molar-refractivity contribution >= 4 is 16.1 Å². The SMILES string of the molecule is CCCCCCCCCCCCCCCCCCCCC(C(=O)O)S(=O)(=O)O. The summed E-state index contributed by atoms with van der Waals surface area (Å²) >= 11 is 0. The minimum atomic E-state index is -4.49. The molecule has 0 fully saturated rings. The van der Waals surface area contributed by atoms with Gasteiger partial charge in [0.2, 0.25) is 0 Å². The molecule has 0 aliphatic heterocycles. The Hall–Kier alpha value is -0.620. The molecule has 5 nitrogen and oxygen atoms in total. The van der Waals surface area contributed by atoms with Crippen molar-refractivity contribution in [3.63, 3.8) is 0 Å². The molecule has 0 bridgehead atoms. The number of carboxylic acid groups (broad SMARTS) is 1. The van der Waals surface area contributed by atoms with E-state index in [9.17, 15) is 13.2 Å². The summed E-state index contributed by atoms with van der Waals surface area (Å²) in [6.07, 6.45) is 22.3. The summed E-state index contributed by atoms with van der Waals surface area (Å²) in [6.45, 7) is 2.26. The fraction of sp³-hybridized carbons (Fsp3) is 0.955. The summed E-state index contributed by atoms with van der Waals surface area (Å²) in [5.74, 6) is -1.46. The minimum absolute atomic E-state index is 0.00704. The van der Waals surface area contributed by atoms with Crippen LogP contribution < -0.4 is 0 Å². The topological polar surface area (TPSA) is 91.7 Å². The van der Waals surface area contributed by atoms with E-state index in [2.05, 4.69) is 6.92 Å². The average molecular weight is 421 g/mol. The molecule has 1 unspecified atom stereocenters. The van der Waals surface area contributed by atoms with Crippen LogP contribution in [0.3, 0.4) is 0 Å². The summed E-state index contributed by atoms with van der Waals surface area (Å²) in [5, 5.41) is 7.14. The van der Waals surface area contributed by atoms with Crippen molar-refractivity contribution in [2.45, 2.75) is 134 Å².